The summed E-state index contributed by atoms with van der Waals surface area (Å²) in [5.41, 5.74) is 0.866. The third-order valence-corrected chi connectivity index (χ3v) is 6.98. The van der Waals surface area contributed by atoms with Gasteiger partial charge in [-0.2, -0.15) is 0 Å². The van der Waals surface area contributed by atoms with Crippen molar-refractivity contribution in [2.45, 2.75) is 26.1 Å². The number of hydrogen-bond donors (Lipinski definition) is 0. The van der Waals surface area contributed by atoms with Gasteiger partial charge in [-0.05, 0) is 47.6 Å². The van der Waals surface area contributed by atoms with Crippen LogP contribution in [0.1, 0.15) is 27.6 Å². The van der Waals surface area contributed by atoms with Crippen LogP contribution in [0.5, 0.6) is 5.75 Å². The van der Waals surface area contributed by atoms with Gasteiger partial charge in [0.25, 0.3) is 5.91 Å². The van der Waals surface area contributed by atoms with Crippen molar-refractivity contribution in [1.29, 1.82) is 0 Å². The van der Waals surface area contributed by atoms with Gasteiger partial charge in [-0.25, -0.2) is 4.98 Å². The molecule has 1 amide bonds. The predicted molar refractivity (Wildman–Crippen MR) is 126 cm³/mol. The summed E-state index contributed by atoms with van der Waals surface area (Å²) in [7, 11) is 3.41. The second-order valence-corrected chi connectivity index (χ2v) is 9.79. The van der Waals surface area contributed by atoms with Gasteiger partial charge in [-0.15, -0.1) is 13.2 Å². The SMILES string of the molecule is COCc1ccc(CN2CC3C(C2)C3CN(Cc2cccc(OC(F)(F)F)c2)C(=O)c2cn(C)cn2)o1. The molecule has 2 atom stereocenters. The van der Waals surface area contributed by atoms with Crippen LogP contribution in [-0.2, 0) is 31.5 Å². The number of carbonyl (C=O) groups excluding carboxylic acids is 1. The van der Waals surface area contributed by atoms with Gasteiger partial charge in [-0.1, -0.05) is 12.1 Å². The van der Waals surface area contributed by atoms with Gasteiger partial charge < -0.3 is 23.4 Å². The number of carbonyl (C=O) groups is 1. The first kappa shape index (κ1) is 25.3. The Morgan fingerprint density at radius 1 is 1.19 bits per heavy atom. The molecule has 3 aromatic rings. The number of piperidine rings is 1. The Kier molecular flexibility index (Phi) is 7.00. The molecule has 2 fully saturated rings. The molecule has 37 heavy (non-hydrogen) atoms. The lowest BCUT2D eigenvalue weighted by atomic mass is 10.1. The molecule has 8 nitrogen and oxygen atoms in total. The third-order valence-electron chi connectivity index (χ3n) is 6.98. The molecule has 1 aliphatic carbocycles. The Hall–Kier alpha value is -3.31. The molecule has 0 bridgehead atoms. The first-order valence-corrected chi connectivity index (χ1v) is 12.1. The third kappa shape index (κ3) is 6.16. The highest BCUT2D eigenvalue weighted by atomic mass is 19.4. The summed E-state index contributed by atoms with van der Waals surface area (Å²) in [5, 5.41) is 0. The van der Waals surface area contributed by atoms with Crippen molar-refractivity contribution in [1.82, 2.24) is 19.4 Å². The van der Waals surface area contributed by atoms with Gasteiger partial charge in [0, 0.05) is 46.5 Å². The van der Waals surface area contributed by atoms with Crippen LogP contribution in [0.4, 0.5) is 13.2 Å². The average molecular weight is 519 g/mol. The number of rotatable bonds is 10. The van der Waals surface area contributed by atoms with Gasteiger partial charge in [0.1, 0.15) is 29.6 Å². The molecule has 0 N–H and O–H groups in total. The molecule has 0 radical (unpaired) electrons. The van der Waals surface area contributed by atoms with Gasteiger partial charge >= 0.3 is 6.36 Å². The highest BCUT2D eigenvalue weighted by Crippen LogP contribution is 2.52. The quantitative estimate of drug-likeness (QED) is 0.403. The van der Waals surface area contributed by atoms with Crippen LogP contribution < -0.4 is 4.74 Å². The normalized spacial score (nSPS) is 21.2. The fourth-order valence-electron chi connectivity index (χ4n) is 5.30. The summed E-state index contributed by atoms with van der Waals surface area (Å²) in [6, 6.07) is 9.66. The van der Waals surface area contributed by atoms with Gasteiger partial charge in [0.2, 0.25) is 0 Å². The van der Waals surface area contributed by atoms with Crippen LogP contribution in [0.15, 0.2) is 53.3 Å². The fourth-order valence-corrected chi connectivity index (χ4v) is 5.30. The van der Waals surface area contributed by atoms with E-state index in [0.717, 1.165) is 31.2 Å². The number of aryl methyl sites for hydroxylation is 1. The maximum absolute atomic E-state index is 13.3. The molecular weight excluding hydrogens is 489 g/mol. The fraction of sp³-hybridized carbons (Fsp3) is 0.462. The van der Waals surface area contributed by atoms with Gasteiger partial charge in [0.15, 0.2) is 0 Å². The van der Waals surface area contributed by atoms with Crippen molar-refractivity contribution in [2.24, 2.45) is 24.8 Å². The van der Waals surface area contributed by atoms with Crippen LogP contribution in [0, 0.1) is 17.8 Å². The van der Waals surface area contributed by atoms with E-state index in [1.807, 2.05) is 12.1 Å². The van der Waals surface area contributed by atoms with E-state index in [1.165, 1.54) is 18.2 Å². The molecule has 1 saturated heterocycles. The van der Waals surface area contributed by atoms with Crippen LogP contribution >= 0.6 is 0 Å². The van der Waals surface area contributed by atoms with E-state index in [4.69, 9.17) is 9.15 Å². The van der Waals surface area contributed by atoms with Crippen LogP contribution in [-0.4, -0.2) is 58.4 Å². The number of benzene rings is 1. The summed E-state index contributed by atoms with van der Waals surface area (Å²) in [4.78, 5) is 21.6. The molecule has 2 unspecified atom stereocenters. The number of aromatic nitrogens is 2. The van der Waals surface area contributed by atoms with Gasteiger partial charge in [0.05, 0.1) is 12.9 Å². The molecule has 1 aromatic carbocycles. The molecule has 198 valence electrons. The summed E-state index contributed by atoms with van der Waals surface area (Å²) < 4.78 is 54.7. The summed E-state index contributed by atoms with van der Waals surface area (Å²) in [6.45, 7) is 3.68. The zero-order valence-corrected chi connectivity index (χ0v) is 20.6. The van der Waals surface area contributed by atoms with Crippen LogP contribution in [0.2, 0.25) is 0 Å². The van der Waals surface area contributed by atoms with E-state index < -0.39 is 6.36 Å². The molecule has 0 spiro atoms. The minimum absolute atomic E-state index is 0.165. The van der Waals surface area contributed by atoms with E-state index in [-0.39, 0.29) is 18.2 Å². The van der Waals surface area contributed by atoms with Crippen molar-refractivity contribution < 1.29 is 31.9 Å². The van der Waals surface area contributed by atoms with Crippen molar-refractivity contribution in [2.75, 3.05) is 26.7 Å². The van der Waals surface area contributed by atoms with E-state index in [1.54, 1.807) is 42.2 Å². The molecule has 2 aromatic heterocycles. The minimum atomic E-state index is -4.78. The number of fused-ring (bicyclic) bond motifs is 1. The second-order valence-electron chi connectivity index (χ2n) is 9.79. The van der Waals surface area contributed by atoms with Crippen molar-refractivity contribution in [3.8, 4) is 5.75 Å². The Balaban J connectivity index is 1.23. The van der Waals surface area contributed by atoms with E-state index >= 15 is 0 Å². The highest BCUT2D eigenvalue weighted by molar-refractivity contribution is 5.92. The van der Waals surface area contributed by atoms with Crippen molar-refractivity contribution in [3.63, 3.8) is 0 Å². The number of halogens is 3. The first-order valence-electron chi connectivity index (χ1n) is 12.1. The first-order chi connectivity index (χ1) is 17.7. The van der Waals surface area contributed by atoms with Crippen molar-refractivity contribution in [3.05, 3.63) is 71.7 Å². The Morgan fingerprint density at radius 3 is 2.62 bits per heavy atom. The molecule has 3 heterocycles. The smallest absolute Gasteiger partial charge is 0.462 e. The zero-order chi connectivity index (χ0) is 26.2. The zero-order valence-electron chi connectivity index (χ0n) is 20.6. The number of imidazole rings is 1. The average Bonchev–Trinajstić information content (AvgIpc) is 3.27. The lowest BCUT2D eigenvalue weighted by Crippen LogP contribution is -2.35. The predicted octanol–water partition coefficient (Wildman–Crippen LogP) is 4.08. The van der Waals surface area contributed by atoms with Gasteiger partial charge in [-0.3, -0.25) is 9.69 Å². The van der Waals surface area contributed by atoms with Crippen molar-refractivity contribution >= 4 is 5.91 Å². The monoisotopic (exact) mass is 518 g/mol. The van der Waals surface area contributed by atoms with E-state index in [2.05, 4.69) is 14.6 Å². The number of amides is 1. The Labute approximate surface area is 212 Å². The number of ether oxygens (including phenoxy) is 2. The highest BCUT2D eigenvalue weighted by Gasteiger charge is 2.56. The maximum atomic E-state index is 13.3. The number of methoxy groups -OCH3 is 1. The summed E-state index contributed by atoms with van der Waals surface area (Å²) >= 11 is 0. The van der Waals surface area contributed by atoms with E-state index in [9.17, 15) is 18.0 Å². The lowest BCUT2D eigenvalue weighted by molar-refractivity contribution is -0.274. The number of alkyl halides is 3. The van der Waals surface area contributed by atoms with Crippen LogP contribution in [0.3, 0.4) is 0 Å². The minimum Gasteiger partial charge on any atom is -0.462 e. The largest absolute Gasteiger partial charge is 0.573 e. The number of furan rings is 1. The molecule has 1 saturated carbocycles. The summed E-state index contributed by atoms with van der Waals surface area (Å²) in [5.74, 6) is 2.41. The maximum Gasteiger partial charge on any atom is 0.573 e. The Morgan fingerprint density at radius 2 is 1.95 bits per heavy atom. The topological polar surface area (TPSA) is 73.0 Å². The molecule has 2 aliphatic rings. The number of nitrogens with zero attached hydrogens (tertiary/aromatic N) is 4. The number of likely N-dealkylation sites (tertiary alicyclic amines) is 1. The standard InChI is InChI=1S/C26H29F3N4O4/c1-31-14-24(30-16-31)25(34)33(9-17-4-3-5-18(8-17)37-26(27,28)29)13-23-21-11-32(12-22(21)23)10-19-6-7-20(36-19)15-35-2/h3-8,14,16,21-23H,9-13,15H2,1-2H3. The lowest BCUT2D eigenvalue weighted by Gasteiger charge is -2.25. The molecule has 11 heteroatoms. The number of hydrogen-bond acceptors (Lipinski definition) is 6. The van der Waals surface area contributed by atoms with Crippen LogP contribution in [0.25, 0.3) is 0 Å². The second kappa shape index (κ2) is 10.2. The Bertz CT molecular complexity index is 1230. The molecule has 1 aliphatic heterocycles. The van der Waals surface area contributed by atoms with E-state index in [0.29, 0.717) is 42.2 Å². The summed E-state index contributed by atoms with van der Waals surface area (Å²) in [6.07, 6.45) is -1.57. The molecular formula is C26H29F3N4O4. The molecule has 5 rings (SSSR count).